The molecule has 6 rings (SSSR count). The molecule has 0 saturated carbocycles. The van der Waals surface area contributed by atoms with Crippen LogP contribution in [0.5, 0.6) is 23.4 Å². The molecule has 2 aromatic heterocycles. The Bertz CT molecular complexity index is 1440. The number of hydrogen-bond acceptors (Lipinski definition) is 7. The number of nitrogens with zero attached hydrogens (tertiary/aromatic N) is 4. The number of rotatable bonds is 6. The molecule has 0 atom stereocenters. The van der Waals surface area contributed by atoms with Crippen LogP contribution in [0.2, 0.25) is 0 Å². The molecule has 1 fully saturated rings. The summed E-state index contributed by atoms with van der Waals surface area (Å²) in [7, 11) is 0. The largest absolute Gasteiger partial charge is 0.437 e. The van der Waals surface area contributed by atoms with Gasteiger partial charge in [-0.3, -0.25) is 4.79 Å². The second kappa shape index (κ2) is 10.2. The quantitative estimate of drug-likeness (QED) is 0.267. The molecule has 37 heavy (non-hydrogen) atoms. The minimum absolute atomic E-state index is 0.109. The summed E-state index contributed by atoms with van der Waals surface area (Å²) in [6.45, 7) is 6.51. The zero-order valence-electron chi connectivity index (χ0n) is 20.6. The smallest absolute Gasteiger partial charge is 0.325 e. The molecule has 1 amide bonds. The summed E-state index contributed by atoms with van der Waals surface area (Å²) in [6.07, 6.45) is 6.81. The summed E-state index contributed by atoms with van der Waals surface area (Å²) >= 11 is 1.52. The number of fused-ring (bicyclic) bond motifs is 2. The van der Waals surface area contributed by atoms with Crippen molar-refractivity contribution in [2.24, 2.45) is 0 Å². The van der Waals surface area contributed by atoms with Crippen LogP contribution in [-0.2, 0) is 11.2 Å². The standard InChI is InChI=1S/C29H28N4O3S/c1-2-26(34)33-18-7-8-22-24(33)9-6-10-25(22)36-28-27-23(15-19-37-27)30-29(31-28)35-21-13-11-20(12-14-21)32-16-4-3-5-17-32/h2,6,9-15,19H,1,3-5,7-8,16-18H2. The average molecular weight is 513 g/mol. The van der Waals surface area contributed by atoms with E-state index < -0.39 is 0 Å². The van der Waals surface area contributed by atoms with Gasteiger partial charge in [0.05, 0.1) is 11.2 Å². The third-order valence-corrected chi connectivity index (χ3v) is 7.77. The van der Waals surface area contributed by atoms with E-state index in [0.717, 1.165) is 47.4 Å². The second-order valence-electron chi connectivity index (χ2n) is 9.24. The van der Waals surface area contributed by atoms with Gasteiger partial charge >= 0.3 is 6.01 Å². The summed E-state index contributed by atoms with van der Waals surface area (Å²) < 4.78 is 13.3. The molecule has 0 spiro atoms. The van der Waals surface area contributed by atoms with Gasteiger partial charge in [0.1, 0.15) is 16.2 Å². The van der Waals surface area contributed by atoms with Crippen molar-refractivity contribution in [2.75, 3.05) is 29.4 Å². The van der Waals surface area contributed by atoms with E-state index in [4.69, 9.17) is 9.47 Å². The number of piperidine rings is 1. The first kappa shape index (κ1) is 23.5. The highest BCUT2D eigenvalue weighted by Crippen LogP contribution is 2.39. The molecule has 1 saturated heterocycles. The molecule has 0 N–H and O–H groups in total. The number of amides is 1. The van der Waals surface area contributed by atoms with Crippen molar-refractivity contribution in [3.8, 4) is 23.4 Å². The highest BCUT2D eigenvalue weighted by molar-refractivity contribution is 7.17. The number of carbonyl (C=O) groups is 1. The number of ether oxygens (including phenoxy) is 2. The van der Waals surface area contributed by atoms with Crippen molar-refractivity contribution in [2.45, 2.75) is 32.1 Å². The normalized spacial score (nSPS) is 15.4. The van der Waals surface area contributed by atoms with Gasteiger partial charge in [0, 0.05) is 30.9 Å². The van der Waals surface area contributed by atoms with Gasteiger partial charge in [-0.25, -0.2) is 0 Å². The zero-order valence-corrected chi connectivity index (χ0v) is 21.4. The number of aromatic nitrogens is 2. The third-order valence-electron chi connectivity index (χ3n) is 6.87. The highest BCUT2D eigenvalue weighted by Gasteiger charge is 2.24. The van der Waals surface area contributed by atoms with Crippen molar-refractivity contribution in [3.05, 3.63) is 72.1 Å². The Kier molecular flexibility index (Phi) is 6.49. The van der Waals surface area contributed by atoms with E-state index in [9.17, 15) is 4.79 Å². The fourth-order valence-corrected chi connectivity index (χ4v) is 5.80. The molecular formula is C29H28N4O3S. The van der Waals surface area contributed by atoms with Gasteiger partial charge < -0.3 is 19.3 Å². The predicted molar refractivity (Wildman–Crippen MR) is 147 cm³/mol. The Morgan fingerprint density at radius 3 is 2.59 bits per heavy atom. The minimum Gasteiger partial charge on any atom is -0.437 e. The number of benzene rings is 2. The maximum absolute atomic E-state index is 12.4. The number of thiophene rings is 1. The lowest BCUT2D eigenvalue weighted by Crippen LogP contribution is -2.34. The van der Waals surface area contributed by atoms with E-state index in [0.29, 0.717) is 23.9 Å². The Morgan fingerprint density at radius 2 is 1.78 bits per heavy atom. The predicted octanol–water partition coefficient (Wildman–Crippen LogP) is 6.73. The van der Waals surface area contributed by atoms with E-state index in [1.807, 2.05) is 41.8 Å². The van der Waals surface area contributed by atoms with E-state index in [1.54, 1.807) is 4.90 Å². The van der Waals surface area contributed by atoms with Crippen molar-refractivity contribution in [1.29, 1.82) is 0 Å². The van der Waals surface area contributed by atoms with Crippen LogP contribution in [0.25, 0.3) is 10.2 Å². The van der Waals surface area contributed by atoms with Crippen LogP contribution >= 0.6 is 11.3 Å². The van der Waals surface area contributed by atoms with Gasteiger partial charge in [-0.05, 0) is 86.0 Å². The Hall–Kier alpha value is -3.91. The van der Waals surface area contributed by atoms with Gasteiger partial charge in [0.15, 0.2) is 0 Å². The molecule has 2 aromatic carbocycles. The van der Waals surface area contributed by atoms with Crippen LogP contribution < -0.4 is 19.3 Å². The van der Waals surface area contributed by atoms with Gasteiger partial charge in [-0.1, -0.05) is 12.6 Å². The molecule has 0 aliphatic carbocycles. The van der Waals surface area contributed by atoms with Crippen LogP contribution in [-0.4, -0.2) is 35.5 Å². The van der Waals surface area contributed by atoms with Crippen molar-refractivity contribution < 1.29 is 14.3 Å². The second-order valence-corrected chi connectivity index (χ2v) is 10.2. The Morgan fingerprint density at radius 1 is 0.946 bits per heavy atom. The fraction of sp³-hybridized carbons (Fsp3) is 0.276. The summed E-state index contributed by atoms with van der Waals surface area (Å²) in [6, 6.07) is 16.0. The molecule has 7 nitrogen and oxygen atoms in total. The first-order chi connectivity index (χ1) is 18.2. The SMILES string of the molecule is C=CC(=O)N1CCCc2c(Oc3nc(Oc4ccc(N5CCCCC5)cc4)nc4ccsc34)cccc21. The Balaban J connectivity index is 1.28. The molecular weight excluding hydrogens is 484 g/mol. The Labute approximate surface area is 220 Å². The highest BCUT2D eigenvalue weighted by atomic mass is 32.1. The summed E-state index contributed by atoms with van der Waals surface area (Å²) in [4.78, 5) is 25.8. The number of carbonyl (C=O) groups excluding carboxylic acids is 1. The number of hydrogen-bond donors (Lipinski definition) is 0. The average Bonchev–Trinajstić information content (AvgIpc) is 3.42. The lowest BCUT2D eigenvalue weighted by atomic mass is 10.0. The van der Waals surface area contributed by atoms with Gasteiger partial charge in [-0.15, -0.1) is 11.3 Å². The van der Waals surface area contributed by atoms with E-state index >= 15 is 0 Å². The van der Waals surface area contributed by atoms with Crippen LogP contribution in [0, 0.1) is 0 Å². The first-order valence-electron chi connectivity index (χ1n) is 12.7. The lowest BCUT2D eigenvalue weighted by Gasteiger charge is -2.29. The molecule has 4 heterocycles. The van der Waals surface area contributed by atoms with Gasteiger partial charge in [0.2, 0.25) is 11.8 Å². The van der Waals surface area contributed by atoms with E-state index in [1.165, 1.54) is 42.4 Å². The molecule has 4 aromatic rings. The topological polar surface area (TPSA) is 67.8 Å². The third kappa shape index (κ3) is 4.76. The van der Waals surface area contributed by atoms with Gasteiger partial charge in [-0.2, -0.15) is 9.97 Å². The molecule has 2 aliphatic heterocycles. The summed E-state index contributed by atoms with van der Waals surface area (Å²) in [5.74, 6) is 1.70. The molecule has 2 aliphatic rings. The molecule has 0 unspecified atom stereocenters. The summed E-state index contributed by atoms with van der Waals surface area (Å²) in [5.41, 5.74) is 3.82. The molecule has 0 bridgehead atoms. The zero-order chi connectivity index (χ0) is 25.2. The van der Waals surface area contributed by atoms with Gasteiger partial charge in [0.25, 0.3) is 0 Å². The van der Waals surface area contributed by atoms with Crippen molar-refractivity contribution in [3.63, 3.8) is 0 Å². The molecule has 188 valence electrons. The van der Waals surface area contributed by atoms with Crippen LogP contribution in [0.15, 0.2) is 66.6 Å². The number of anilines is 2. The lowest BCUT2D eigenvalue weighted by molar-refractivity contribution is -0.114. The van der Waals surface area contributed by atoms with Crippen molar-refractivity contribution >= 4 is 38.8 Å². The van der Waals surface area contributed by atoms with Crippen molar-refractivity contribution in [1.82, 2.24) is 9.97 Å². The maximum Gasteiger partial charge on any atom is 0.325 e. The minimum atomic E-state index is -0.109. The summed E-state index contributed by atoms with van der Waals surface area (Å²) in [5, 5.41) is 1.97. The monoisotopic (exact) mass is 512 g/mol. The first-order valence-corrected chi connectivity index (χ1v) is 13.6. The molecule has 8 heteroatoms. The fourth-order valence-electron chi connectivity index (χ4n) is 5.05. The van der Waals surface area contributed by atoms with E-state index in [-0.39, 0.29) is 11.9 Å². The molecule has 0 radical (unpaired) electrons. The van der Waals surface area contributed by atoms with E-state index in [2.05, 4.69) is 33.6 Å². The van der Waals surface area contributed by atoms with Crippen LogP contribution in [0.4, 0.5) is 11.4 Å². The van der Waals surface area contributed by atoms with Crippen LogP contribution in [0.3, 0.4) is 0 Å². The maximum atomic E-state index is 12.4. The van der Waals surface area contributed by atoms with Crippen LogP contribution in [0.1, 0.15) is 31.2 Å².